The van der Waals surface area contributed by atoms with Crippen molar-refractivity contribution in [1.29, 1.82) is 0 Å². The van der Waals surface area contributed by atoms with Gasteiger partial charge in [0.05, 0.1) is 28.3 Å². The van der Waals surface area contributed by atoms with Crippen LogP contribution in [-0.2, 0) is 20.1 Å². The van der Waals surface area contributed by atoms with E-state index in [4.69, 9.17) is 13.5 Å². The van der Waals surface area contributed by atoms with Crippen molar-refractivity contribution in [3.63, 3.8) is 0 Å². The van der Waals surface area contributed by atoms with E-state index in [0.29, 0.717) is 11.0 Å². The topological polar surface area (TPSA) is 70.8 Å². The van der Waals surface area contributed by atoms with Gasteiger partial charge in [0.1, 0.15) is 0 Å². The lowest BCUT2D eigenvalue weighted by Gasteiger charge is -2.43. The number of nitrogens with zero attached hydrogens (tertiary/aromatic N) is 1. The number of hydrogen-bond acceptors (Lipinski definition) is 5. The van der Waals surface area contributed by atoms with Crippen LogP contribution in [0.1, 0.15) is 54.0 Å². The van der Waals surface area contributed by atoms with Gasteiger partial charge in [0.15, 0.2) is 0 Å². The Labute approximate surface area is 164 Å². The van der Waals surface area contributed by atoms with Crippen LogP contribution in [0.5, 0.6) is 0 Å². The minimum absolute atomic E-state index is 0.0336. The molecule has 1 aromatic rings. The van der Waals surface area contributed by atoms with Crippen molar-refractivity contribution in [2.75, 3.05) is 12.5 Å². The highest BCUT2D eigenvalue weighted by Crippen LogP contribution is 2.54. The van der Waals surface area contributed by atoms with Crippen LogP contribution in [0.4, 0.5) is 5.69 Å². The van der Waals surface area contributed by atoms with E-state index in [9.17, 15) is 10.1 Å². The van der Waals surface area contributed by atoms with E-state index in [1.807, 2.05) is 33.8 Å². The lowest BCUT2D eigenvalue weighted by molar-refractivity contribution is -0.385. The molecule has 27 heavy (non-hydrogen) atoms. The molecule has 0 spiro atoms. The fourth-order valence-electron chi connectivity index (χ4n) is 2.49. The molecule has 1 saturated heterocycles. The van der Waals surface area contributed by atoms with Gasteiger partial charge < -0.3 is 13.5 Å². The minimum atomic E-state index is -1.43. The predicted molar refractivity (Wildman–Crippen MR) is 113 cm³/mol. The Morgan fingerprint density at radius 3 is 2.11 bits per heavy atom. The zero-order valence-corrected chi connectivity index (χ0v) is 18.7. The third-order valence-electron chi connectivity index (χ3n) is 5.86. The molecule has 152 valence electrons. The van der Waals surface area contributed by atoms with Gasteiger partial charge in [-0.15, -0.1) is 10.3 Å². The molecule has 1 fully saturated rings. The summed E-state index contributed by atoms with van der Waals surface area (Å²) in [5.74, 6) is 0. The minimum Gasteiger partial charge on any atom is -0.399 e. The molecular weight excluding hydrogens is 365 g/mol. The molecular formula is C19H32BNO5S. The van der Waals surface area contributed by atoms with E-state index in [2.05, 4.69) is 33.3 Å². The van der Waals surface area contributed by atoms with Crippen molar-refractivity contribution >= 4 is 28.6 Å². The SMILES string of the molecule is CC1(C)OB(c2cccc([N+](=O)[O-])c2COS(C)(C)C(C)(C)C)OC1(C)C. The second-order valence-corrected chi connectivity index (χ2v) is 13.2. The molecule has 8 heteroatoms. The molecule has 0 unspecified atom stereocenters. The fourth-order valence-corrected chi connectivity index (χ4v) is 3.26. The van der Waals surface area contributed by atoms with Gasteiger partial charge in [-0.25, -0.2) is 0 Å². The molecule has 1 aromatic carbocycles. The molecule has 1 aliphatic heterocycles. The van der Waals surface area contributed by atoms with Crippen molar-refractivity contribution in [2.24, 2.45) is 0 Å². The first-order valence-electron chi connectivity index (χ1n) is 9.08. The van der Waals surface area contributed by atoms with Crippen LogP contribution in [-0.4, -0.2) is 40.5 Å². The summed E-state index contributed by atoms with van der Waals surface area (Å²) in [5, 5.41) is 11.6. The molecule has 0 aromatic heterocycles. The van der Waals surface area contributed by atoms with Crippen LogP contribution in [0.2, 0.25) is 0 Å². The Bertz CT molecular complexity index is 711. The third-order valence-corrected chi connectivity index (χ3v) is 9.52. The highest BCUT2D eigenvalue weighted by Gasteiger charge is 2.52. The first-order chi connectivity index (χ1) is 12.1. The van der Waals surface area contributed by atoms with Gasteiger partial charge in [-0.1, -0.05) is 32.9 Å². The van der Waals surface area contributed by atoms with E-state index >= 15 is 0 Å². The molecule has 0 atom stereocenters. The predicted octanol–water partition coefficient (Wildman–Crippen LogP) is 4.19. The van der Waals surface area contributed by atoms with Crippen LogP contribution in [0, 0.1) is 10.1 Å². The van der Waals surface area contributed by atoms with Gasteiger partial charge in [0.2, 0.25) is 0 Å². The molecule has 0 bridgehead atoms. The maximum Gasteiger partial charge on any atom is 0.495 e. The van der Waals surface area contributed by atoms with E-state index < -0.39 is 28.6 Å². The summed E-state index contributed by atoms with van der Waals surface area (Å²) in [5.41, 5.74) is 0.177. The van der Waals surface area contributed by atoms with Gasteiger partial charge in [0.25, 0.3) is 5.69 Å². The normalized spacial score (nSPS) is 20.0. The Hall–Kier alpha value is -1.09. The number of hydrogen-bond donors (Lipinski definition) is 0. The first kappa shape index (κ1) is 22.2. The summed E-state index contributed by atoms with van der Waals surface area (Å²) in [6.07, 6.45) is 4.16. The summed E-state index contributed by atoms with van der Waals surface area (Å²) >= 11 is 0. The van der Waals surface area contributed by atoms with Gasteiger partial charge in [0, 0.05) is 10.8 Å². The molecule has 2 rings (SSSR count). The average molecular weight is 397 g/mol. The quantitative estimate of drug-likeness (QED) is 0.423. The molecule has 1 heterocycles. The lowest BCUT2D eigenvalue weighted by Crippen LogP contribution is -2.41. The Morgan fingerprint density at radius 2 is 1.67 bits per heavy atom. The van der Waals surface area contributed by atoms with Crippen molar-refractivity contribution in [1.82, 2.24) is 0 Å². The summed E-state index contributed by atoms with van der Waals surface area (Å²) < 4.78 is 18.5. The van der Waals surface area contributed by atoms with Crippen molar-refractivity contribution < 1.29 is 18.4 Å². The number of nitro benzene ring substituents is 1. The van der Waals surface area contributed by atoms with Crippen molar-refractivity contribution in [3.8, 4) is 0 Å². The van der Waals surface area contributed by atoms with Crippen LogP contribution in [0.3, 0.4) is 0 Å². The molecule has 0 saturated carbocycles. The highest BCUT2D eigenvalue weighted by molar-refractivity contribution is 8.29. The van der Waals surface area contributed by atoms with Gasteiger partial charge in [-0.2, -0.15) is 0 Å². The van der Waals surface area contributed by atoms with Crippen LogP contribution < -0.4 is 5.46 Å². The lowest BCUT2D eigenvalue weighted by atomic mass is 9.75. The largest absolute Gasteiger partial charge is 0.495 e. The zero-order valence-electron chi connectivity index (χ0n) is 17.9. The number of benzene rings is 1. The average Bonchev–Trinajstić information content (AvgIpc) is 2.71. The number of nitro groups is 1. The molecule has 0 radical (unpaired) electrons. The summed E-state index contributed by atoms with van der Waals surface area (Å²) in [4.78, 5) is 11.3. The summed E-state index contributed by atoms with van der Waals surface area (Å²) in [6.45, 7) is 14.4. The monoisotopic (exact) mass is 397 g/mol. The van der Waals surface area contributed by atoms with Gasteiger partial charge in [-0.05, 0) is 45.7 Å². The van der Waals surface area contributed by atoms with Crippen molar-refractivity contribution in [2.45, 2.75) is 71.0 Å². The summed E-state index contributed by atoms with van der Waals surface area (Å²) in [6, 6.07) is 5.00. The van der Waals surface area contributed by atoms with E-state index in [1.165, 1.54) is 6.07 Å². The molecule has 1 aliphatic rings. The number of rotatable bonds is 5. The van der Waals surface area contributed by atoms with Crippen LogP contribution >= 0.6 is 10.3 Å². The van der Waals surface area contributed by atoms with Crippen LogP contribution in [0.15, 0.2) is 18.2 Å². The smallest absolute Gasteiger partial charge is 0.399 e. The molecule has 6 nitrogen and oxygen atoms in total. The Kier molecular flexibility index (Phi) is 5.81. The first-order valence-corrected chi connectivity index (χ1v) is 11.5. The zero-order chi connectivity index (χ0) is 20.8. The fraction of sp³-hybridized carbons (Fsp3) is 0.684. The van der Waals surface area contributed by atoms with E-state index in [1.54, 1.807) is 6.07 Å². The maximum absolute atomic E-state index is 11.6. The molecule has 0 N–H and O–H groups in total. The second-order valence-electron chi connectivity index (χ2n) is 9.30. The Balaban J connectivity index is 2.43. The standard InChI is InChI=1S/C19H32BNO5S/c1-17(2,3)27(8,9)24-13-14-15(11-10-12-16(14)21(22)23)20-25-18(4,5)19(6,7)26-20/h10-12H,13H2,1-9H3. The second kappa shape index (κ2) is 7.06. The van der Waals surface area contributed by atoms with Crippen molar-refractivity contribution in [3.05, 3.63) is 33.9 Å². The highest BCUT2D eigenvalue weighted by atomic mass is 32.3. The third kappa shape index (κ3) is 4.34. The van der Waals surface area contributed by atoms with Gasteiger partial charge >= 0.3 is 7.12 Å². The van der Waals surface area contributed by atoms with Gasteiger partial charge in [-0.3, -0.25) is 10.1 Å². The Morgan fingerprint density at radius 1 is 1.15 bits per heavy atom. The van der Waals surface area contributed by atoms with E-state index in [0.717, 1.165) is 0 Å². The van der Waals surface area contributed by atoms with E-state index in [-0.39, 0.29) is 22.0 Å². The van der Waals surface area contributed by atoms with Crippen LogP contribution in [0.25, 0.3) is 0 Å². The molecule has 0 aliphatic carbocycles. The maximum atomic E-state index is 11.6. The molecule has 0 amide bonds. The summed E-state index contributed by atoms with van der Waals surface area (Å²) in [7, 11) is -2.09.